The number of hydrogen-bond donors (Lipinski definition) is 0. The quantitative estimate of drug-likeness (QED) is 0.167. The zero-order valence-electron chi connectivity index (χ0n) is 39.7. The van der Waals surface area contributed by atoms with Crippen molar-refractivity contribution in [3.63, 3.8) is 0 Å². The molecule has 2 aliphatic rings. The molecule has 336 valence electrons. The van der Waals surface area contributed by atoms with Crippen LogP contribution in [-0.4, -0.2) is 19.5 Å². The number of fused-ring (bicyclic) bond motifs is 8. The summed E-state index contributed by atoms with van der Waals surface area (Å²) in [4.78, 5) is 15.9. The summed E-state index contributed by atoms with van der Waals surface area (Å²) in [6.07, 6.45) is 0. The molecule has 0 radical (unpaired) electrons. The molecule has 0 atom stereocenters. The van der Waals surface area contributed by atoms with Crippen molar-refractivity contribution in [3.05, 3.63) is 242 Å². The fraction of sp³-hybridized carbons (Fsp3) is 0.0441. The first-order chi connectivity index (χ1) is 35.5. The summed E-state index contributed by atoms with van der Waals surface area (Å²) < 4.78 is 2.54. The second-order valence-electron chi connectivity index (χ2n) is 19.9. The summed E-state index contributed by atoms with van der Waals surface area (Å²) in [6, 6.07) is 83.6. The Bertz CT molecular complexity index is 4400. The smallest absolute Gasteiger partial charge is 0.164 e. The molecule has 72 heavy (non-hydrogen) atoms. The molecule has 2 aromatic heterocycles. The van der Waals surface area contributed by atoms with Crippen LogP contribution < -0.4 is 0 Å². The third kappa shape index (κ3) is 5.96. The van der Waals surface area contributed by atoms with Crippen LogP contribution in [0.3, 0.4) is 0 Å². The number of nitrogens with zero attached hydrogens (tertiary/aromatic N) is 4. The molecule has 3 heterocycles. The van der Waals surface area contributed by atoms with E-state index in [9.17, 15) is 0 Å². The van der Waals surface area contributed by atoms with Crippen LogP contribution in [-0.2, 0) is 5.41 Å². The minimum atomic E-state index is -0.238. The molecule has 1 aliphatic carbocycles. The molecule has 1 aliphatic heterocycles. The van der Waals surface area contributed by atoms with Crippen LogP contribution in [0.2, 0.25) is 0 Å². The maximum absolute atomic E-state index is 5.33. The molecule has 11 aromatic carbocycles. The van der Waals surface area contributed by atoms with E-state index in [4.69, 9.17) is 15.0 Å². The number of para-hydroxylation sites is 2. The summed E-state index contributed by atoms with van der Waals surface area (Å²) >= 11 is 0. The largest absolute Gasteiger partial charge is 0.308 e. The van der Waals surface area contributed by atoms with Gasteiger partial charge in [0.25, 0.3) is 0 Å². The first-order valence-corrected chi connectivity index (χ1v) is 24.8. The predicted octanol–water partition coefficient (Wildman–Crippen LogP) is 17.6. The van der Waals surface area contributed by atoms with Gasteiger partial charge in [-0.15, -0.1) is 0 Å². The van der Waals surface area contributed by atoms with Crippen LogP contribution in [0, 0.1) is 0 Å². The van der Waals surface area contributed by atoms with Crippen molar-refractivity contribution in [3.8, 4) is 95.5 Å². The van der Waals surface area contributed by atoms with Gasteiger partial charge in [0.05, 0.1) is 16.7 Å². The minimum absolute atomic E-state index is 0.238. The van der Waals surface area contributed by atoms with Crippen LogP contribution in [0.25, 0.3) is 139 Å². The summed E-state index contributed by atoms with van der Waals surface area (Å²) in [7, 11) is 0. The second-order valence-corrected chi connectivity index (χ2v) is 19.9. The van der Waals surface area contributed by atoms with E-state index < -0.39 is 0 Å². The van der Waals surface area contributed by atoms with E-state index in [0.717, 1.165) is 44.2 Å². The van der Waals surface area contributed by atoms with Crippen LogP contribution in [0.4, 0.5) is 0 Å². The molecule has 0 unspecified atom stereocenters. The van der Waals surface area contributed by atoms with Gasteiger partial charge in [-0.25, -0.2) is 15.0 Å². The number of aromatic nitrogens is 4. The van der Waals surface area contributed by atoms with Gasteiger partial charge < -0.3 is 4.57 Å². The molecule has 0 spiro atoms. The van der Waals surface area contributed by atoms with Crippen LogP contribution in [0.15, 0.2) is 231 Å². The lowest BCUT2D eigenvalue weighted by Crippen LogP contribution is -2.16. The van der Waals surface area contributed by atoms with Gasteiger partial charge in [0, 0.05) is 44.0 Å². The molecule has 0 saturated heterocycles. The van der Waals surface area contributed by atoms with E-state index in [1.54, 1.807) is 0 Å². The normalized spacial score (nSPS) is 13.0. The Morgan fingerprint density at radius 2 is 0.889 bits per heavy atom. The standard InChI is InChI=1S/C68H44N4/c1-68(2)58-26-14-24-53-51-21-9-11-27-59(51)72-60-28-12-10-22-52(60)57-40-56(63(68)62(61(53)58)64(57)72)45-34-32-44(33-35-45)50-20-7-8-23-54(50)66-69-65(70-67(71-66)55-25-13-18-43-16-5-6-19-49(43)55)46-36-29-42(30-37-46)48-38-31-41-15-3-4-17-47(41)39-48/h3-40H,1-2H3. The summed E-state index contributed by atoms with van der Waals surface area (Å²) in [6.45, 7) is 4.83. The van der Waals surface area contributed by atoms with Crippen LogP contribution >= 0.6 is 0 Å². The Morgan fingerprint density at radius 3 is 1.71 bits per heavy atom. The molecule has 4 nitrogen and oxygen atoms in total. The Hall–Kier alpha value is -9.25. The lowest BCUT2D eigenvalue weighted by molar-refractivity contribution is 0.662. The molecule has 0 saturated carbocycles. The van der Waals surface area contributed by atoms with Gasteiger partial charge >= 0.3 is 0 Å². The van der Waals surface area contributed by atoms with E-state index in [1.807, 2.05) is 0 Å². The van der Waals surface area contributed by atoms with Gasteiger partial charge in [0.2, 0.25) is 0 Å². The van der Waals surface area contributed by atoms with Crippen molar-refractivity contribution < 1.29 is 0 Å². The van der Waals surface area contributed by atoms with Crippen molar-refractivity contribution in [1.29, 1.82) is 0 Å². The Morgan fingerprint density at radius 1 is 0.333 bits per heavy atom. The van der Waals surface area contributed by atoms with Crippen molar-refractivity contribution in [2.45, 2.75) is 19.3 Å². The molecule has 0 bridgehead atoms. The van der Waals surface area contributed by atoms with Gasteiger partial charge in [0.1, 0.15) is 0 Å². The maximum atomic E-state index is 5.33. The fourth-order valence-corrected chi connectivity index (χ4v) is 12.2. The Labute approximate surface area is 417 Å². The van der Waals surface area contributed by atoms with E-state index in [-0.39, 0.29) is 5.41 Å². The molecule has 4 heteroatoms. The van der Waals surface area contributed by atoms with E-state index in [2.05, 4.69) is 249 Å². The average Bonchev–Trinajstić information content (AvgIpc) is 3.85. The number of benzene rings is 11. The second kappa shape index (κ2) is 15.4. The third-order valence-electron chi connectivity index (χ3n) is 15.6. The van der Waals surface area contributed by atoms with Gasteiger partial charge in [-0.05, 0) is 101 Å². The fourth-order valence-electron chi connectivity index (χ4n) is 12.2. The molecule has 0 amide bonds. The van der Waals surface area contributed by atoms with Gasteiger partial charge in [0.15, 0.2) is 17.5 Å². The first kappa shape index (κ1) is 40.6. The Balaban J connectivity index is 0.877. The molecular weight excluding hydrogens is 873 g/mol. The first-order valence-electron chi connectivity index (χ1n) is 24.8. The van der Waals surface area contributed by atoms with Gasteiger partial charge in [-0.2, -0.15) is 0 Å². The molecular formula is C68H44N4. The topological polar surface area (TPSA) is 43.6 Å². The lowest BCUT2D eigenvalue weighted by atomic mass is 9.78. The minimum Gasteiger partial charge on any atom is -0.308 e. The average molecular weight is 917 g/mol. The third-order valence-corrected chi connectivity index (χ3v) is 15.6. The zero-order chi connectivity index (χ0) is 47.7. The number of hydrogen-bond acceptors (Lipinski definition) is 3. The highest BCUT2D eigenvalue weighted by atomic mass is 15.0. The van der Waals surface area contributed by atoms with Crippen LogP contribution in [0.5, 0.6) is 0 Å². The maximum Gasteiger partial charge on any atom is 0.164 e. The van der Waals surface area contributed by atoms with Crippen molar-refractivity contribution >= 4 is 43.4 Å². The van der Waals surface area contributed by atoms with Crippen LogP contribution in [0.1, 0.15) is 25.0 Å². The van der Waals surface area contributed by atoms with Crippen molar-refractivity contribution in [1.82, 2.24) is 19.5 Å². The molecule has 0 N–H and O–H groups in total. The van der Waals surface area contributed by atoms with Crippen molar-refractivity contribution in [2.24, 2.45) is 0 Å². The van der Waals surface area contributed by atoms with E-state index >= 15 is 0 Å². The monoisotopic (exact) mass is 916 g/mol. The molecule has 13 aromatic rings. The highest BCUT2D eigenvalue weighted by Gasteiger charge is 2.43. The van der Waals surface area contributed by atoms with Gasteiger partial charge in [-0.1, -0.05) is 220 Å². The predicted molar refractivity (Wildman–Crippen MR) is 298 cm³/mol. The lowest BCUT2D eigenvalue weighted by Gasteiger charge is -2.26. The molecule has 0 fully saturated rings. The van der Waals surface area contributed by atoms with E-state index in [1.165, 1.54) is 88.3 Å². The van der Waals surface area contributed by atoms with Crippen molar-refractivity contribution in [2.75, 3.05) is 0 Å². The zero-order valence-corrected chi connectivity index (χ0v) is 39.7. The number of rotatable bonds is 6. The summed E-state index contributed by atoms with van der Waals surface area (Å²) in [5.41, 5.74) is 21.3. The Kier molecular flexibility index (Phi) is 8.67. The summed E-state index contributed by atoms with van der Waals surface area (Å²) in [5.74, 6) is 1.89. The van der Waals surface area contributed by atoms with E-state index in [0.29, 0.717) is 17.5 Å². The highest BCUT2D eigenvalue weighted by molar-refractivity contribution is 6.20. The molecule has 15 rings (SSSR count). The highest BCUT2D eigenvalue weighted by Crippen LogP contribution is 2.60. The van der Waals surface area contributed by atoms with Gasteiger partial charge in [-0.3, -0.25) is 0 Å². The summed E-state index contributed by atoms with van der Waals surface area (Å²) in [5, 5.41) is 7.23. The SMILES string of the molecule is CC1(C)c2cccc3c2-c2c1c(-c1ccc(-c4ccccc4-c4nc(-c5ccc(-c6ccc7ccccc7c6)cc5)nc(-c5cccc6ccccc56)n4)cc1)cc1c4ccccc4n(c21)-c1ccccc1-3.